The number of nitrogens with zero attached hydrogens (tertiary/aromatic N) is 2. The first-order valence-electron chi connectivity index (χ1n) is 9.67. The number of sulfonamides is 1. The van der Waals surface area contributed by atoms with Crippen LogP contribution in [0.2, 0.25) is 0 Å². The smallest absolute Gasteiger partial charge is 0.257 e. The second-order valence-electron chi connectivity index (χ2n) is 7.50. The van der Waals surface area contributed by atoms with Crippen LogP contribution in [0.4, 0.5) is 5.69 Å². The highest BCUT2D eigenvalue weighted by Crippen LogP contribution is 2.35. The molecule has 1 unspecified atom stereocenters. The van der Waals surface area contributed by atoms with Crippen LogP contribution in [-0.4, -0.2) is 50.2 Å². The summed E-state index contributed by atoms with van der Waals surface area (Å²) in [4.78, 5) is 41.5. The third kappa shape index (κ3) is 4.04. The van der Waals surface area contributed by atoms with Crippen LogP contribution in [0, 0.1) is 0 Å². The summed E-state index contributed by atoms with van der Waals surface area (Å²) in [6, 6.07) is 10.8. The standard InChI is InChI=1S/C21H21N3O6S/c1-30-16-4-2-3-13(11-16)20(26)23(14-5-6-14)18-12-19(25)24(21(18)27)15-7-9-17(10-8-15)31(22,28)29/h2-4,7-11,14,18H,5-6,12H2,1H3,(H2,22,28,29). The molecule has 1 aliphatic carbocycles. The van der Waals surface area contributed by atoms with Crippen LogP contribution in [0.25, 0.3) is 0 Å². The van der Waals surface area contributed by atoms with Gasteiger partial charge in [-0.25, -0.2) is 18.5 Å². The Morgan fingerprint density at radius 2 is 1.81 bits per heavy atom. The fourth-order valence-corrected chi connectivity index (χ4v) is 4.22. The van der Waals surface area contributed by atoms with Crippen LogP contribution in [0.5, 0.6) is 5.75 Å². The van der Waals surface area contributed by atoms with Gasteiger partial charge in [0.05, 0.1) is 24.1 Å². The molecule has 3 amide bonds. The lowest BCUT2D eigenvalue weighted by atomic mass is 10.1. The van der Waals surface area contributed by atoms with Crippen LogP contribution in [-0.2, 0) is 19.6 Å². The number of nitrogens with two attached hydrogens (primary N) is 1. The minimum Gasteiger partial charge on any atom is -0.497 e. The van der Waals surface area contributed by atoms with E-state index in [2.05, 4.69) is 0 Å². The summed E-state index contributed by atoms with van der Waals surface area (Å²) in [5, 5.41) is 5.10. The first-order valence-corrected chi connectivity index (χ1v) is 11.2. The van der Waals surface area contributed by atoms with Gasteiger partial charge in [0, 0.05) is 11.6 Å². The van der Waals surface area contributed by atoms with Gasteiger partial charge in [-0.15, -0.1) is 0 Å². The molecule has 2 fully saturated rings. The van der Waals surface area contributed by atoms with Crippen LogP contribution in [0.3, 0.4) is 0 Å². The van der Waals surface area contributed by atoms with Gasteiger partial charge in [-0.2, -0.15) is 0 Å². The first-order chi connectivity index (χ1) is 14.7. The van der Waals surface area contributed by atoms with Gasteiger partial charge in [-0.3, -0.25) is 14.4 Å². The number of carbonyl (C=O) groups is 3. The van der Waals surface area contributed by atoms with E-state index in [1.807, 2.05) is 0 Å². The SMILES string of the molecule is COc1cccc(C(=O)N(C2CC2)C2CC(=O)N(c3ccc(S(N)(=O)=O)cc3)C2=O)c1. The Labute approximate surface area is 179 Å². The van der Waals surface area contributed by atoms with Gasteiger partial charge in [-0.1, -0.05) is 6.07 Å². The number of methoxy groups -OCH3 is 1. The average Bonchev–Trinajstić information content (AvgIpc) is 3.53. The molecule has 1 saturated heterocycles. The van der Waals surface area contributed by atoms with Crippen molar-refractivity contribution in [2.45, 2.75) is 36.2 Å². The van der Waals surface area contributed by atoms with Crippen molar-refractivity contribution < 1.29 is 27.5 Å². The highest BCUT2D eigenvalue weighted by Gasteiger charge is 2.48. The summed E-state index contributed by atoms with van der Waals surface area (Å²) in [6.45, 7) is 0. The molecule has 2 aromatic carbocycles. The molecule has 0 aromatic heterocycles. The predicted octanol–water partition coefficient (Wildman–Crippen LogP) is 1.28. The molecular weight excluding hydrogens is 422 g/mol. The Morgan fingerprint density at radius 1 is 1.13 bits per heavy atom. The Morgan fingerprint density at radius 3 is 2.39 bits per heavy atom. The van der Waals surface area contributed by atoms with Crippen molar-refractivity contribution in [2.24, 2.45) is 5.14 Å². The number of benzene rings is 2. The third-order valence-electron chi connectivity index (χ3n) is 5.37. The summed E-state index contributed by atoms with van der Waals surface area (Å²) >= 11 is 0. The molecule has 4 rings (SSSR count). The van der Waals surface area contributed by atoms with E-state index in [0.717, 1.165) is 17.7 Å². The van der Waals surface area contributed by atoms with Gasteiger partial charge >= 0.3 is 0 Å². The number of rotatable bonds is 6. The Kier molecular flexibility index (Phi) is 5.28. The van der Waals surface area contributed by atoms with Gasteiger partial charge in [0.25, 0.3) is 11.8 Å². The van der Waals surface area contributed by atoms with Crippen LogP contribution >= 0.6 is 0 Å². The third-order valence-corrected chi connectivity index (χ3v) is 6.30. The van der Waals surface area contributed by atoms with Crippen molar-refractivity contribution in [2.75, 3.05) is 12.0 Å². The number of primary sulfonamides is 1. The molecule has 0 radical (unpaired) electrons. The van der Waals surface area contributed by atoms with Gasteiger partial charge in [0.2, 0.25) is 15.9 Å². The lowest BCUT2D eigenvalue weighted by molar-refractivity contribution is -0.122. The topological polar surface area (TPSA) is 127 Å². The second kappa shape index (κ2) is 7.78. The first kappa shape index (κ1) is 21.0. The fourth-order valence-electron chi connectivity index (χ4n) is 3.71. The number of hydrogen-bond donors (Lipinski definition) is 1. The number of anilines is 1. The largest absolute Gasteiger partial charge is 0.497 e. The molecule has 0 spiro atoms. The number of imide groups is 1. The molecule has 1 atom stereocenters. The van der Waals surface area contributed by atoms with E-state index in [4.69, 9.17) is 9.88 Å². The van der Waals surface area contributed by atoms with Crippen molar-refractivity contribution >= 4 is 33.4 Å². The van der Waals surface area contributed by atoms with Gasteiger partial charge in [0.15, 0.2) is 0 Å². The minimum atomic E-state index is -3.90. The zero-order valence-corrected chi connectivity index (χ0v) is 17.5. The molecule has 1 heterocycles. The van der Waals surface area contributed by atoms with Crippen LogP contribution < -0.4 is 14.8 Å². The lowest BCUT2D eigenvalue weighted by Gasteiger charge is -2.28. The Balaban J connectivity index is 1.62. The van der Waals surface area contributed by atoms with E-state index < -0.39 is 27.9 Å². The van der Waals surface area contributed by atoms with E-state index in [0.29, 0.717) is 11.3 Å². The maximum absolute atomic E-state index is 13.2. The molecule has 10 heteroatoms. The number of amides is 3. The summed E-state index contributed by atoms with van der Waals surface area (Å²) in [5.41, 5.74) is 0.608. The van der Waals surface area contributed by atoms with Gasteiger partial charge < -0.3 is 9.64 Å². The molecular formula is C21H21N3O6S. The van der Waals surface area contributed by atoms with Crippen molar-refractivity contribution in [1.82, 2.24) is 4.90 Å². The molecule has 0 bridgehead atoms. The van der Waals surface area contributed by atoms with Crippen molar-refractivity contribution in [3.05, 3.63) is 54.1 Å². The summed E-state index contributed by atoms with van der Waals surface area (Å²) in [6.07, 6.45) is 1.38. The van der Waals surface area contributed by atoms with Gasteiger partial charge in [-0.05, 0) is 55.3 Å². The van der Waals surface area contributed by atoms with Gasteiger partial charge in [0.1, 0.15) is 11.8 Å². The van der Waals surface area contributed by atoms with Crippen LogP contribution in [0.1, 0.15) is 29.6 Å². The Hall–Kier alpha value is -3.24. The zero-order chi connectivity index (χ0) is 22.3. The normalized spacial score (nSPS) is 18.9. The zero-order valence-electron chi connectivity index (χ0n) is 16.7. The van der Waals surface area contributed by atoms with Crippen molar-refractivity contribution in [1.29, 1.82) is 0 Å². The quantitative estimate of drug-likeness (QED) is 0.670. The maximum atomic E-state index is 13.2. The second-order valence-corrected chi connectivity index (χ2v) is 9.06. The summed E-state index contributed by atoms with van der Waals surface area (Å²) < 4.78 is 28.1. The molecule has 9 nitrogen and oxygen atoms in total. The highest BCUT2D eigenvalue weighted by molar-refractivity contribution is 7.89. The highest BCUT2D eigenvalue weighted by atomic mass is 32.2. The summed E-state index contributed by atoms with van der Waals surface area (Å²) in [7, 11) is -2.40. The van der Waals surface area contributed by atoms with E-state index in [-0.39, 0.29) is 29.0 Å². The molecule has 1 saturated carbocycles. The molecule has 2 aromatic rings. The van der Waals surface area contributed by atoms with E-state index in [1.54, 1.807) is 24.3 Å². The lowest BCUT2D eigenvalue weighted by Crippen LogP contribution is -2.46. The fraction of sp³-hybridized carbons (Fsp3) is 0.286. The summed E-state index contributed by atoms with van der Waals surface area (Å²) in [5.74, 6) is -0.787. The van der Waals surface area contributed by atoms with E-state index >= 15 is 0 Å². The molecule has 31 heavy (non-hydrogen) atoms. The number of carbonyl (C=O) groups excluding carboxylic acids is 3. The van der Waals surface area contributed by atoms with Crippen molar-refractivity contribution in [3.63, 3.8) is 0 Å². The predicted molar refractivity (Wildman–Crippen MR) is 111 cm³/mol. The molecule has 2 N–H and O–H groups in total. The minimum absolute atomic E-state index is 0.106. The average molecular weight is 443 g/mol. The maximum Gasteiger partial charge on any atom is 0.257 e. The molecule has 162 valence electrons. The Bertz CT molecular complexity index is 1160. The van der Waals surface area contributed by atoms with Crippen molar-refractivity contribution in [3.8, 4) is 5.75 Å². The number of hydrogen-bond acceptors (Lipinski definition) is 6. The number of ether oxygens (including phenoxy) is 1. The van der Waals surface area contributed by atoms with E-state index in [1.165, 1.54) is 36.3 Å². The molecule has 1 aliphatic heterocycles. The molecule has 2 aliphatic rings. The van der Waals surface area contributed by atoms with Crippen LogP contribution in [0.15, 0.2) is 53.4 Å². The monoisotopic (exact) mass is 443 g/mol. The van der Waals surface area contributed by atoms with E-state index in [9.17, 15) is 22.8 Å².